The van der Waals surface area contributed by atoms with Gasteiger partial charge in [-0.25, -0.2) is 0 Å². The van der Waals surface area contributed by atoms with Crippen LogP contribution >= 0.6 is 0 Å². The molecule has 6 nitrogen and oxygen atoms in total. The lowest BCUT2D eigenvalue weighted by atomic mass is 10.2. The zero-order valence-electron chi connectivity index (χ0n) is 13.0. The maximum absolute atomic E-state index is 11.6. The smallest absolute Gasteiger partial charge is 0.220 e. The molecule has 0 unspecified atom stereocenters. The summed E-state index contributed by atoms with van der Waals surface area (Å²) >= 11 is 0. The average Bonchev–Trinajstić information content (AvgIpc) is 2.71. The maximum Gasteiger partial charge on any atom is 0.220 e. The number of fused-ring (bicyclic) bond motifs is 1. The third-order valence-electron chi connectivity index (χ3n) is 3.92. The largest absolute Gasteiger partial charge is 0.356 e. The van der Waals surface area contributed by atoms with Crippen molar-refractivity contribution < 1.29 is 4.79 Å². The number of carbonyl (C=O) groups excluding carboxylic acids is 1. The summed E-state index contributed by atoms with van der Waals surface area (Å²) in [5.41, 5.74) is 0. The molecule has 0 aliphatic carbocycles. The van der Waals surface area contributed by atoms with Gasteiger partial charge >= 0.3 is 0 Å². The molecule has 1 aromatic heterocycles. The van der Waals surface area contributed by atoms with Crippen molar-refractivity contribution in [2.24, 2.45) is 0 Å². The van der Waals surface area contributed by atoms with E-state index in [2.05, 4.69) is 25.4 Å². The van der Waals surface area contributed by atoms with E-state index in [9.17, 15) is 4.79 Å². The molecule has 2 heterocycles. The molecule has 0 aromatic carbocycles. The van der Waals surface area contributed by atoms with E-state index in [1.54, 1.807) is 0 Å². The normalized spacial score (nSPS) is 14.5. The quantitative estimate of drug-likeness (QED) is 0.703. The van der Waals surface area contributed by atoms with Crippen LogP contribution in [-0.2, 0) is 24.2 Å². The molecule has 1 aromatic rings. The van der Waals surface area contributed by atoms with Crippen molar-refractivity contribution in [1.82, 2.24) is 25.4 Å². The van der Waals surface area contributed by atoms with Gasteiger partial charge in [0.1, 0.15) is 11.6 Å². The Morgan fingerprint density at radius 1 is 1.19 bits per heavy atom. The Morgan fingerprint density at radius 3 is 2.95 bits per heavy atom. The van der Waals surface area contributed by atoms with Crippen molar-refractivity contribution in [3.8, 4) is 0 Å². The third kappa shape index (κ3) is 5.12. The van der Waals surface area contributed by atoms with Crippen LogP contribution in [0.3, 0.4) is 0 Å². The summed E-state index contributed by atoms with van der Waals surface area (Å²) in [7, 11) is 1.90. The molecule has 0 atom stereocenters. The molecular formula is C15H27N5O. The molecule has 118 valence electrons. The van der Waals surface area contributed by atoms with Crippen molar-refractivity contribution >= 4 is 5.91 Å². The Labute approximate surface area is 126 Å². The fourth-order valence-electron chi connectivity index (χ4n) is 2.72. The fraction of sp³-hybridized carbons (Fsp3) is 0.800. The highest BCUT2D eigenvalue weighted by Crippen LogP contribution is 2.15. The summed E-state index contributed by atoms with van der Waals surface area (Å²) in [6.07, 6.45) is 8.09. The number of amides is 1. The monoisotopic (exact) mass is 293 g/mol. The van der Waals surface area contributed by atoms with Gasteiger partial charge in [-0.05, 0) is 39.3 Å². The van der Waals surface area contributed by atoms with Gasteiger partial charge in [-0.2, -0.15) is 0 Å². The van der Waals surface area contributed by atoms with Crippen LogP contribution in [0, 0.1) is 0 Å². The number of hydrogen-bond acceptors (Lipinski definition) is 4. The molecule has 1 amide bonds. The van der Waals surface area contributed by atoms with E-state index < -0.39 is 0 Å². The van der Waals surface area contributed by atoms with E-state index in [4.69, 9.17) is 0 Å². The number of nitrogens with zero attached hydrogens (tertiary/aromatic N) is 3. The first kappa shape index (κ1) is 15.9. The lowest BCUT2D eigenvalue weighted by Gasteiger charge is -2.07. The van der Waals surface area contributed by atoms with Crippen LogP contribution in [0.25, 0.3) is 0 Å². The first-order valence-electron chi connectivity index (χ1n) is 8.13. The minimum Gasteiger partial charge on any atom is -0.356 e. The van der Waals surface area contributed by atoms with E-state index in [-0.39, 0.29) is 5.91 Å². The summed E-state index contributed by atoms with van der Waals surface area (Å²) in [6, 6.07) is 0. The highest BCUT2D eigenvalue weighted by atomic mass is 16.1. The summed E-state index contributed by atoms with van der Waals surface area (Å²) in [6.45, 7) is 2.66. The van der Waals surface area contributed by atoms with Crippen LogP contribution in [0.1, 0.15) is 50.2 Å². The van der Waals surface area contributed by atoms with Gasteiger partial charge in [-0.3, -0.25) is 4.79 Å². The first-order valence-corrected chi connectivity index (χ1v) is 8.13. The van der Waals surface area contributed by atoms with Crippen LogP contribution in [0.4, 0.5) is 0 Å². The number of carbonyl (C=O) groups is 1. The van der Waals surface area contributed by atoms with Crippen LogP contribution in [0.2, 0.25) is 0 Å². The first-order chi connectivity index (χ1) is 10.3. The second-order valence-electron chi connectivity index (χ2n) is 5.66. The Morgan fingerprint density at radius 2 is 2.10 bits per heavy atom. The molecule has 2 N–H and O–H groups in total. The predicted octanol–water partition coefficient (Wildman–Crippen LogP) is 1.05. The Bertz CT molecular complexity index is 443. The van der Waals surface area contributed by atoms with Gasteiger partial charge in [0.15, 0.2) is 0 Å². The van der Waals surface area contributed by atoms with Gasteiger partial charge in [-0.15, -0.1) is 10.2 Å². The Kier molecular flexibility index (Phi) is 6.66. The van der Waals surface area contributed by atoms with Crippen LogP contribution in [0.15, 0.2) is 0 Å². The molecule has 0 spiro atoms. The summed E-state index contributed by atoms with van der Waals surface area (Å²) in [5.74, 6) is 2.36. The van der Waals surface area contributed by atoms with E-state index in [1.165, 1.54) is 19.3 Å². The van der Waals surface area contributed by atoms with Gasteiger partial charge in [0, 0.05) is 32.4 Å². The summed E-state index contributed by atoms with van der Waals surface area (Å²) in [5, 5.41) is 14.6. The molecule has 0 saturated carbocycles. The van der Waals surface area contributed by atoms with Gasteiger partial charge in [0.05, 0.1) is 0 Å². The average molecular weight is 293 g/mol. The van der Waals surface area contributed by atoms with Crippen molar-refractivity contribution in [1.29, 1.82) is 0 Å². The molecule has 1 aliphatic heterocycles. The summed E-state index contributed by atoms with van der Waals surface area (Å²) < 4.78 is 2.28. The second-order valence-corrected chi connectivity index (χ2v) is 5.66. The molecule has 0 bridgehead atoms. The molecule has 0 fully saturated rings. The topological polar surface area (TPSA) is 71.8 Å². The second kappa shape index (κ2) is 8.77. The molecule has 0 radical (unpaired) electrons. The van der Waals surface area contributed by atoms with Gasteiger partial charge in [0.25, 0.3) is 0 Å². The SMILES string of the molecule is CNCCCC(=O)NCCCc1nnc2n1CCCCC2. The van der Waals surface area contributed by atoms with Crippen LogP contribution < -0.4 is 10.6 Å². The van der Waals surface area contributed by atoms with Crippen molar-refractivity contribution in [2.45, 2.75) is 57.9 Å². The van der Waals surface area contributed by atoms with Gasteiger partial charge in [0.2, 0.25) is 5.91 Å². The predicted molar refractivity (Wildman–Crippen MR) is 82.1 cm³/mol. The Hall–Kier alpha value is -1.43. The van der Waals surface area contributed by atoms with E-state index >= 15 is 0 Å². The number of rotatable bonds is 8. The fourth-order valence-corrected chi connectivity index (χ4v) is 2.72. The molecule has 6 heteroatoms. The minimum absolute atomic E-state index is 0.144. The van der Waals surface area contributed by atoms with Crippen molar-refractivity contribution in [3.05, 3.63) is 11.6 Å². The lowest BCUT2D eigenvalue weighted by Crippen LogP contribution is -2.25. The van der Waals surface area contributed by atoms with E-state index in [0.29, 0.717) is 6.42 Å². The van der Waals surface area contributed by atoms with E-state index in [1.807, 2.05) is 7.05 Å². The summed E-state index contributed by atoms with van der Waals surface area (Å²) in [4.78, 5) is 11.6. The molecular weight excluding hydrogens is 266 g/mol. The highest BCUT2D eigenvalue weighted by molar-refractivity contribution is 5.75. The van der Waals surface area contributed by atoms with Gasteiger partial charge < -0.3 is 15.2 Å². The number of aryl methyl sites for hydroxylation is 2. The van der Waals surface area contributed by atoms with Gasteiger partial charge in [-0.1, -0.05) is 6.42 Å². The molecule has 2 rings (SSSR count). The molecule has 21 heavy (non-hydrogen) atoms. The zero-order chi connectivity index (χ0) is 14.9. The third-order valence-corrected chi connectivity index (χ3v) is 3.92. The standard InChI is InChI=1S/C15H27N5O/c1-16-10-6-9-15(21)17-11-5-8-14-19-18-13-7-3-2-4-12-20(13)14/h16H,2-12H2,1H3,(H,17,21). The highest BCUT2D eigenvalue weighted by Gasteiger charge is 2.14. The maximum atomic E-state index is 11.6. The zero-order valence-corrected chi connectivity index (χ0v) is 13.0. The van der Waals surface area contributed by atoms with E-state index in [0.717, 1.165) is 57.0 Å². The number of aromatic nitrogens is 3. The molecule has 1 aliphatic rings. The molecule has 0 saturated heterocycles. The Balaban J connectivity index is 1.67. The number of nitrogens with one attached hydrogen (secondary N) is 2. The lowest BCUT2D eigenvalue weighted by molar-refractivity contribution is -0.121. The van der Waals surface area contributed by atoms with Crippen LogP contribution in [-0.4, -0.2) is 40.8 Å². The number of hydrogen-bond donors (Lipinski definition) is 2. The van der Waals surface area contributed by atoms with Crippen LogP contribution in [0.5, 0.6) is 0 Å². The minimum atomic E-state index is 0.144. The van der Waals surface area contributed by atoms with Crippen molar-refractivity contribution in [3.63, 3.8) is 0 Å². The van der Waals surface area contributed by atoms with Crippen molar-refractivity contribution in [2.75, 3.05) is 20.1 Å².